The summed E-state index contributed by atoms with van der Waals surface area (Å²) in [5, 5.41) is 2.58. The highest BCUT2D eigenvalue weighted by atomic mass is 35.5. The Labute approximate surface area is 152 Å². The molecular formula is C17H24ClFN4O2. The highest BCUT2D eigenvalue weighted by Gasteiger charge is 2.33. The molecule has 25 heavy (non-hydrogen) atoms. The van der Waals surface area contributed by atoms with Crippen LogP contribution >= 0.6 is 12.4 Å². The van der Waals surface area contributed by atoms with Crippen LogP contribution in [0.25, 0.3) is 0 Å². The molecule has 0 saturated carbocycles. The van der Waals surface area contributed by atoms with E-state index in [0.29, 0.717) is 26.2 Å². The first kappa shape index (κ1) is 19.5. The summed E-state index contributed by atoms with van der Waals surface area (Å²) < 4.78 is 13.7. The second-order valence-electron chi connectivity index (χ2n) is 6.53. The number of nitrogens with two attached hydrogens (primary N) is 1. The number of urea groups is 1. The fourth-order valence-electron chi connectivity index (χ4n) is 3.37. The maximum absolute atomic E-state index is 13.7. The van der Waals surface area contributed by atoms with E-state index in [2.05, 4.69) is 5.32 Å². The van der Waals surface area contributed by atoms with E-state index in [-0.39, 0.29) is 42.0 Å². The fraction of sp³-hybridized carbons (Fsp3) is 0.529. The first-order valence-corrected chi connectivity index (χ1v) is 8.39. The predicted octanol–water partition coefficient (Wildman–Crippen LogP) is 2.05. The number of hydrogen-bond donors (Lipinski definition) is 2. The predicted molar refractivity (Wildman–Crippen MR) is 96.1 cm³/mol. The minimum atomic E-state index is -0.471. The van der Waals surface area contributed by atoms with E-state index in [1.807, 2.05) is 0 Å². The summed E-state index contributed by atoms with van der Waals surface area (Å²) in [7, 11) is 0. The number of halogens is 2. The smallest absolute Gasteiger partial charge is 0.321 e. The number of piperidine rings is 1. The van der Waals surface area contributed by atoms with E-state index in [0.717, 1.165) is 19.3 Å². The lowest BCUT2D eigenvalue weighted by atomic mass is 9.97. The first-order valence-electron chi connectivity index (χ1n) is 8.39. The number of carbonyl (C=O) groups is 2. The molecule has 0 bridgehead atoms. The van der Waals surface area contributed by atoms with Crippen molar-refractivity contribution in [2.75, 3.05) is 31.5 Å². The van der Waals surface area contributed by atoms with Crippen molar-refractivity contribution in [1.82, 2.24) is 9.80 Å². The first-order chi connectivity index (χ1) is 11.5. The lowest BCUT2D eigenvalue weighted by Crippen LogP contribution is -2.47. The zero-order chi connectivity index (χ0) is 17.1. The molecule has 2 atom stereocenters. The normalized spacial score (nSPS) is 23.1. The van der Waals surface area contributed by atoms with Crippen LogP contribution in [-0.2, 0) is 4.79 Å². The third-order valence-corrected chi connectivity index (χ3v) is 4.71. The molecule has 1 aromatic carbocycles. The molecule has 138 valence electrons. The van der Waals surface area contributed by atoms with E-state index in [1.54, 1.807) is 21.9 Å². The Kier molecular flexibility index (Phi) is 6.61. The third kappa shape index (κ3) is 4.61. The van der Waals surface area contributed by atoms with Gasteiger partial charge in [0.15, 0.2) is 0 Å². The van der Waals surface area contributed by atoms with Gasteiger partial charge in [-0.05, 0) is 31.4 Å². The Morgan fingerprint density at radius 3 is 2.56 bits per heavy atom. The van der Waals surface area contributed by atoms with Crippen LogP contribution < -0.4 is 11.1 Å². The van der Waals surface area contributed by atoms with Crippen LogP contribution in [-0.4, -0.2) is 54.0 Å². The molecule has 2 saturated heterocycles. The van der Waals surface area contributed by atoms with Crippen LogP contribution in [0, 0.1) is 11.7 Å². The molecule has 0 radical (unpaired) electrons. The number of nitrogens with zero attached hydrogens (tertiary/aromatic N) is 2. The quantitative estimate of drug-likeness (QED) is 0.836. The monoisotopic (exact) mass is 370 g/mol. The summed E-state index contributed by atoms with van der Waals surface area (Å²) in [5.41, 5.74) is 6.02. The van der Waals surface area contributed by atoms with Crippen molar-refractivity contribution in [1.29, 1.82) is 0 Å². The third-order valence-electron chi connectivity index (χ3n) is 4.71. The minimum Gasteiger partial charge on any atom is -0.341 e. The number of anilines is 1. The molecule has 2 aliphatic rings. The summed E-state index contributed by atoms with van der Waals surface area (Å²) in [4.78, 5) is 28.3. The molecule has 6 nitrogen and oxygen atoms in total. The summed E-state index contributed by atoms with van der Waals surface area (Å²) in [5.74, 6) is -0.594. The molecule has 3 amide bonds. The Hall–Kier alpha value is -1.86. The molecule has 0 spiro atoms. The Morgan fingerprint density at radius 2 is 1.88 bits per heavy atom. The lowest BCUT2D eigenvalue weighted by molar-refractivity contribution is -0.135. The van der Waals surface area contributed by atoms with Gasteiger partial charge in [-0.2, -0.15) is 0 Å². The summed E-state index contributed by atoms with van der Waals surface area (Å²) >= 11 is 0. The van der Waals surface area contributed by atoms with Gasteiger partial charge in [0.25, 0.3) is 0 Å². The van der Waals surface area contributed by atoms with Crippen molar-refractivity contribution in [2.45, 2.75) is 25.3 Å². The number of amides is 3. The molecule has 2 heterocycles. The van der Waals surface area contributed by atoms with Crippen molar-refractivity contribution in [2.24, 2.45) is 11.7 Å². The minimum absolute atomic E-state index is 0. The van der Waals surface area contributed by atoms with Gasteiger partial charge in [-0.25, -0.2) is 9.18 Å². The Bertz CT molecular complexity index is 630. The number of carbonyl (C=O) groups excluding carboxylic acids is 2. The van der Waals surface area contributed by atoms with Gasteiger partial charge in [0.1, 0.15) is 5.82 Å². The largest absolute Gasteiger partial charge is 0.341 e. The number of hydrogen-bond acceptors (Lipinski definition) is 3. The summed E-state index contributed by atoms with van der Waals surface area (Å²) in [6.45, 7) is 2.23. The van der Waals surface area contributed by atoms with Gasteiger partial charge in [0.05, 0.1) is 11.6 Å². The lowest BCUT2D eigenvalue weighted by Gasteiger charge is -2.34. The van der Waals surface area contributed by atoms with E-state index in [1.165, 1.54) is 12.1 Å². The molecule has 2 aliphatic heterocycles. The van der Waals surface area contributed by atoms with Gasteiger partial charge >= 0.3 is 6.03 Å². The van der Waals surface area contributed by atoms with E-state index in [4.69, 9.17) is 5.73 Å². The number of likely N-dealkylation sites (tertiary alicyclic amines) is 2. The van der Waals surface area contributed by atoms with Crippen LogP contribution in [0.1, 0.15) is 19.3 Å². The van der Waals surface area contributed by atoms with Crippen LogP contribution in [0.2, 0.25) is 0 Å². The second-order valence-corrected chi connectivity index (χ2v) is 6.53. The van der Waals surface area contributed by atoms with Crippen LogP contribution in [0.3, 0.4) is 0 Å². The van der Waals surface area contributed by atoms with Gasteiger partial charge in [0.2, 0.25) is 5.91 Å². The molecule has 1 aromatic rings. The standard InChI is InChI=1S/C17H23FN4O2.ClH/c18-14-5-1-2-6-15(14)20-17(24)22-8-3-4-12(10-22)16(23)21-9-7-13(19)11-21;/h1-2,5-6,12-13H,3-4,7-11,19H2,(H,20,24);1H/t12?,13-;/m1./s1. The fourth-order valence-corrected chi connectivity index (χ4v) is 3.37. The van der Waals surface area contributed by atoms with Crippen molar-refractivity contribution in [3.8, 4) is 0 Å². The summed E-state index contributed by atoms with van der Waals surface area (Å²) in [6, 6.07) is 5.74. The van der Waals surface area contributed by atoms with Gasteiger partial charge in [0, 0.05) is 32.2 Å². The highest BCUT2D eigenvalue weighted by Crippen LogP contribution is 2.22. The second kappa shape index (κ2) is 8.49. The number of rotatable bonds is 2. The van der Waals surface area contributed by atoms with Crippen molar-refractivity contribution >= 4 is 30.0 Å². The molecule has 3 rings (SSSR count). The molecule has 3 N–H and O–H groups in total. The Balaban J connectivity index is 0.00000225. The van der Waals surface area contributed by atoms with Gasteiger partial charge in [-0.15, -0.1) is 12.4 Å². The molecule has 0 aliphatic carbocycles. The number of nitrogens with one attached hydrogen (secondary N) is 1. The van der Waals surface area contributed by atoms with E-state index >= 15 is 0 Å². The topological polar surface area (TPSA) is 78.7 Å². The van der Waals surface area contributed by atoms with Gasteiger partial charge in [-0.3, -0.25) is 4.79 Å². The Morgan fingerprint density at radius 1 is 1.12 bits per heavy atom. The van der Waals surface area contributed by atoms with E-state index in [9.17, 15) is 14.0 Å². The van der Waals surface area contributed by atoms with Gasteiger partial charge < -0.3 is 20.9 Å². The highest BCUT2D eigenvalue weighted by molar-refractivity contribution is 5.90. The van der Waals surface area contributed by atoms with Crippen molar-refractivity contribution in [3.05, 3.63) is 30.1 Å². The van der Waals surface area contributed by atoms with Crippen LogP contribution in [0.4, 0.5) is 14.9 Å². The zero-order valence-electron chi connectivity index (χ0n) is 14.0. The molecular weight excluding hydrogens is 347 g/mol. The van der Waals surface area contributed by atoms with Crippen LogP contribution in [0.15, 0.2) is 24.3 Å². The SMILES string of the molecule is Cl.N[C@@H]1CCN(C(=O)C2CCCN(C(=O)Nc3ccccc3F)C2)C1. The summed E-state index contributed by atoms with van der Waals surface area (Å²) in [6.07, 6.45) is 2.37. The van der Waals surface area contributed by atoms with E-state index < -0.39 is 5.82 Å². The van der Waals surface area contributed by atoms with Gasteiger partial charge in [-0.1, -0.05) is 12.1 Å². The number of benzene rings is 1. The molecule has 8 heteroatoms. The molecule has 0 aromatic heterocycles. The van der Waals surface area contributed by atoms with Crippen molar-refractivity contribution in [3.63, 3.8) is 0 Å². The zero-order valence-corrected chi connectivity index (χ0v) is 14.8. The maximum atomic E-state index is 13.7. The van der Waals surface area contributed by atoms with Crippen molar-refractivity contribution < 1.29 is 14.0 Å². The average molecular weight is 371 g/mol. The maximum Gasteiger partial charge on any atom is 0.321 e. The average Bonchev–Trinajstić information content (AvgIpc) is 3.03. The molecule has 1 unspecified atom stereocenters. The van der Waals surface area contributed by atoms with Crippen LogP contribution in [0.5, 0.6) is 0 Å². The number of para-hydroxylation sites is 1. The molecule has 2 fully saturated rings.